The van der Waals surface area contributed by atoms with Crippen LogP contribution in [0.15, 0.2) is 24.3 Å². The van der Waals surface area contributed by atoms with Crippen molar-refractivity contribution in [1.82, 2.24) is 5.32 Å². The first-order chi connectivity index (χ1) is 8.76. The van der Waals surface area contributed by atoms with Crippen molar-refractivity contribution in [3.63, 3.8) is 0 Å². The Morgan fingerprint density at radius 3 is 2.53 bits per heavy atom. The second-order valence-corrected chi connectivity index (χ2v) is 5.84. The van der Waals surface area contributed by atoms with E-state index in [1.54, 1.807) is 0 Å². The number of benzene rings is 1. The molecular weight excluding hydrogens is 251 g/mol. The molecule has 1 saturated carbocycles. The van der Waals surface area contributed by atoms with E-state index in [1.807, 2.05) is 13.0 Å². The molecule has 1 N–H and O–H groups in total. The van der Waals surface area contributed by atoms with Gasteiger partial charge in [-0.2, -0.15) is 13.2 Å². The highest BCUT2D eigenvalue weighted by molar-refractivity contribution is 5.32. The third kappa shape index (κ3) is 2.64. The molecule has 1 fully saturated rings. The van der Waals surface area contributed by atoms with Crippen molar-refractivity contribution < 1.29 is 13.2 Å². The van der Waals surface area contributed by atoms with Gasteiger partial charge in [0.05, 0.1) is 5.56 Å². The van der Waals surface area contributed by atoms with Crippen LogP contribution in [0.3, 0.4) is 0 Å². The van der Waals surface area contributed by atoms with E-state index in [2.05, 4.69) is 19.2 Å². The predicted molar refractivity (Wildman–Crippen MR) is 70.0 cm³/mol. The molecule has 1 nitrogen and oxygen atoms in total. The van der Waals surface area contributed by atoms with Crippen LogP contribution < -0.4 is 5.32 Å². The smallest absolute Gasteiger partial charge is 0.314 e. The fraction of sp³-hybridized carbons (Fsp3) is 0.600. The summed E-state index contributed by atoms with van der Waals surface area (Å²) in [6, 6.07) is 6.14. The zero-order valence-corrected chi connectivity index (χ0v) is 11.5. The lowest BCUT2D eigenvalue weighted by Crippen LogP contribution is -2.55. The molecule has 19 heavy (non-hydrogen) atoms. The summed E-state index contributed by atoms with van der Waals surface area (Å²) in [6.45, 7) is 7.18. The highest BCUT2D eigenvalue weighted by atomic mass is 19.4. The number of rotatable bonds is 3. The molecule has 0 radical (unpaired) electrons. The maximum atomic E-state index is 12.7. The second-order valence-electron chi connectivity index (χ2n) is 5.84. The van der Waals surface area contributed by atoms with E-state index in [9.17, 15) is 13.2 Å². The largest absolute Gasteiger partial charge is 0.416 e. The number of alkyl halides is 3. The van der Waals surface area contributed by atoms with E-state index in [0.717, 1.165) is 24.6 Å². The van der Waals surface area contributed by atoms with Crippen molar-refractivity contribution in [2.24, 2.45) is 5.41 Å². The standard InChI is InChI=1S/C15H20F3N/c1-4-19-13-9-12(14(13,2)3)10-6-5-7-11(8-10)15(16,17)18/h5-8,12-13,19H,4,9H2,1-3H3. The lowest BCUT2D eigenvalue weighted by Gasteiger charge is -2.53. The molecule has 0 amide bonds. The molecule has 4 heteroatoms. The lowest BCUT2D eigenvalue weighted by atomic mass is 9.56. The summed E-state index contributed by atoms with van der Waals surface area (Å²) >= 11 is 0. The van der Waals surface area contributed by atoms with Crippen molar-refractivity contribution >= 4 is 0 Å². The van der Waals surface area contributed by atoms with Crippen LogP contribution in [0.5, 0.6) is 0 Å². The van der Waals surface area contributed by atoms with Gasteiger partial charge in [-0.1, -0.05) is 39.0 Å². The van der Waals surface area contributed by atoms with Gasteiger partial charge in [0.25, 0.3) is 0 Å². The molecule has 106 valence electrons. The number of halogens is 3. The Morgan fingerprint density at radius 2 is 2.00 bits per heavy atom. The zero-order chi connectivity index (χ0) is 14.3. The SMILES string of the molecule is CCNC1CC(c2cccc(C(F)(F)F)c2)C1(C)C. The van der Waals surface area contributed by atoms with Crippen molar-refractivity contribution in [2.75, 3.05) is 6.54 Å². The zero-order valence-electron chi connectivity index (χ0n) is 11.5. The predicted octanol–water partition coefficient (Wildman–Crippen LogP) is 4.20. The third-order valence-electron chi connectivity index (χ3n) is 4.33. The molecule has 1 aromatic rings. The molecule has 1 aliphatic carbocycles. The lowest BCUT2D eigenvalue weighted by molar-refractivity contribution is -0.137. The minimum absolute atomic E-state index is 0.000230. The minimum atomic E-state index is -4.26. The van der Waals surface area contributed by atoms with Gasteiger partial charge in [-0.15, -0.1) is 0 Å². The molecule has 0 aliphatic heterocycles. The highest BCUT2D eigenvalue weighted by Gasteiger charge is 2.48. The van der Waals surface area contributed by atoms with Crippen molar-refractivity contribution in [1.29, 1.82) is 0 Å². The molecule has 0 spiro atoms. The summed E-state index contributed by atoms with van der Waals surface area (Å²) in [5.74, 6) is 0.193. The van der Waals surface area contributed by atoms with E-state index in [1.165, 1.54) is 12.1 Å². The normalized spacial score (nSPS) is 26.0. The fourth-order valence-corrected chi connectivity index (χ4v) is 3.02. The second kappa shape index (κ2) is 4.82. The first kappa shape index (κ1) is 14.4. The van der Waals surface area contributed by atoms with Gasteiger partial charge in [0, 0.05) is 6.04 Å². The Labute approximate surface area is 112 Å². The Bertz CT molecular complexity index is 451. The van der Waals surface area contributed by atoms with Crippen LogP contribution in [0.2, 0.25) is 0 Å². The summed E-state index contributed by atoms with van der Waals surface area (Å²) in [5.41, 5.74) is 0.252. The Morgan fingerprint density at radius 1 is 1.32 bits per heavy atom. The monoisotopic (exact) mass is 271 g/mol. The van der Waals surface area contributed by atoms with Gasteiger partial charge in [-0.25, -0.2) is 0 Å². The molecule has 0 bridgehead atoms. The first-order valence-corrected chi connectivity index (χ1v) is 6.67. The number of hydrogen-bond acceptors (Lipinski definition) is 1. The molecule has 2 rings (SSSR count). The third-order valence-corrected chi connectivity index (χ3v) is 4.33. The van der Waals surface area contributed by atoms with E-state index < -0.39 is 11.7 Å². The summed E-state index contributed by atoms with van der Waals surface area (Å²) in [5, 5.41) is 3.39. The van der Waals surface area contributed by atoms with Crippen LogP contribution in [0.1, 0.15) is 44.2 Å². The average Bonchev–Trinajstić information content (AvgIpc) is 2.33. The van der Waals surface area contributed by atoms with Crippen LogP contribution in [-0.4, -0.2) is 12.6 Å². The summed E-state index contributed by atoms with van der Waals surface area (Å²) < 4.78 is 38.2. The number of hydrogen-bond donors (Lipinski definition) is 1. The van der Waals surface area contributed by atoms with Crippen molar-refractivity contribution in [2.45, 2.75) is 45.3 Å². The van der Waals surface area contributed by atoms with Gasteiger partial charge in [-0.05, 0) is 35.9 Å². The van der Waals surface area contributed by atoms with Crippen molar-refractivity contribution in [3.8, 4) is 0 Å². The minimum Gasteiger partial charge on any atom is -0.314 e. The topological polar surface area (TPSA) is 12.0 Å². The Balaban J connectivity index is 2.21. The molecule has 1 aliphatic rings. The van der Waals surface area contributed by atoms with Crippen LogP contribution in [0.4, 0.5) is 13.2 Å². The van der Waals surface area contributed by atoms with Gasteiger partial charge in [0.15, 0.2) is 0 Å². The molecule has 0 saturated heterocycles. The quantitative estimate of drug-likeness (QED) is 0.869. The van der Waals surface area contributed by atoms with Gasteiger partial charge >= 0.3 is 6.18 Å². The van der Waals surface area contributed by atoms with E-state index in [4.69, 9.17) is 0 Å². The van der Waals surface area contributed by atoms with Gasteiger partial charge in [0.1, 0.15) is 0 Å². The van der Waals surface area contributed by atoms with Crippen molar-refractivity contribution in [3.05, 3.63) is 35.4 Å². The average molecular weight is 271 g/mol. The maximum absolute atomic E-state index is 12.7. The van der Waals surface area contributed by atoms with E-state index in [0.29, 0.717) is 6.04 Å². The van der Waals surface area contributed by atoms with Crippen LogP contribution >= 0.6 is 0 Å². The summed E-state index contributed by atoms with van der Waals surface area (Å²) in [7, 11) is 0. The van der Waals surface area contributed by atoms with Crippen LogP contribution in [0.25, 0.3) is 0 Å². The van der Waals surface area contributed by atoms with Gasteiger partial charge < -0.3 is 5.32 Å². The molecule has 0 aromatic heterocycles. The highest BCUT2D eigenvalue weighted by Crippen LogP contribution is 2.52. The van der Waals surface area contributed by atoms with E-state index in [-0.39, 0.29) is 11.3 Å². The molecular formula is C15H20F3N. The number of nitrogens with one attached hydrogen (secondary N) is 1. The maximum Gasteiger partial charge on any atom is 0.416 e. The van der Waals surface area contributed by atoms with E-state index >= 15 is 0 Å². The Hall–Kier alpha value is -1.03. The molecule has 2 atom stereocenters. The molecule has 2 unspecified atom stereocenters. The molecule has 1 aromatic carbocycles. The van der Waals surface area contributed by atoms with Gasteiger partial charge in [0.2, 0.25) is 0 Å². The first-order valence-electron chi connectivity index (χ1n) is 6.67. The molecule has 0 heterocycles. The Kier molecular flexibility index (Phi) is 3.65. The van der Waals surface area contributed by atoms with Gasteiger partial charge in [-0.3, -0.25) is 0 Å². The fourth-order valence-electron chi connectivity index (χ4n) is 3.02. The summed E-state index contributed by atoms with van der Waals surface area (Å²) in [4.78, 5) is 0. The van der Waals surface area contributed by atoms with Crippen LogP contribution in [0, 0.1) is 5.41 Å². The van der Waals surface area contributed by atoms with Crippen LogP contribution in [-0.2, 0) is 6.18 Å². The summed E-state index contributed by atoms with van der Waals surface area (Å²) in [6.07, 6.45) is -3.35.